The first kappa shape index (κ1) is 23.1. The van der Waals surface area contributed by atoms with E-state index in [9.17, 15) is 0 Å². The van der Waals surface area contributed by atoms with Crippen LogP contribution in [0.1, 0.15) is 36.2 Å². The molecule has 7 nitrogen and oxygen atoms in total. The quantitative estimate of drug-likeness (QED) is 0.336. The first-order valence-electron chi connectivity index (χ1n) is 9.76. The number of thiazole rings is 1. The van der Waals surface area contributed by atoms with Gasteiger partial charge in [0, 0.05) is 38.3 Å². The van der Waals surface area contributed by atoms with Gasteiger partial charge < -0.3 is 10.6 Å². The van der Waals surface area contributed by atoms with Gasteiger partial charge in [0.25, 0.3) is 0 Å². The Bertz CT molecular complexity index is 734. The lowest BCUT2D eigenvalue weighted by Crippen LogP contribution is -2.42. The molecule has 28 heavy (non-hydrogen) atoms. The maximum Gasteiger partial charge on any atom is 0.191 e. The van der Waals surface area contributed by atoms with Crippen molar-refractivity contribution in [1.82, 2.24) is 30.3 Å². The second-order valence-electron chi connectivity index (χ2n) is 7.10. The van der Waals surface area contributed by atoms with Gasteiger partial charge in [-0.3, -0.25) is 9.58 Å². The molecule has 0 radical (unpaired) electrons. The summed E-state index contributed by atoms with van der Waals surface area (Å²) in [6.07, 6.45) is 4.25. The van der Waals surface area contributed by atoms with E-state index in [2.05, 4.69) is 44.8 Å². The number of aliphatic imine (C=N–C) groups is 1. The fourth-order valence-corrected chi connectivity index (χ4v) is 3.96. The van der Waals surface area contributed by atoms with Crippen LogP contribution in [-0.2, 0) is 20.1 Å². The van der Waals surface area contributed by atoms with Crippen LogP contribution >= 0.6 is 35.3 Å². The van der Waals surface area contributed by atoms with Crippen LogP contribution in [0.3, 0.4) is 0 Å². The fraction of sp³-hybridized carbons (Fsp3) is 0.632. The topological polar surface area (TPSA) is 70.4 Å². The number of nitrogens with zero attached hydrogens (tertiary/aromatic N) is 5. The lowest BCUT2D eigenvalue weighted by molar-refractivity contribution is 0.176. The zero-order valence-corrected chi connectivity index (χ0v) is 20.2. The number of nitrogens with one attached hydrogen (secondary N) is 2. The average Bonchev–Trinajstić information content (AvgIpc) is 3.26. The molecule has 0 spiro atoms. The molecule has 1 fully saturated rings. The van der Waals surface area contributed by atoms with Gasteiger partial charge in [-0.05, 0) is 51.8 Å². The average molecular weight is 517 g/mol. The van der Waals surface area contributed by atoms with Crippen molar-refractivity contribution < 1.29 is 0 Å². The summed E-state index contributed by atoms with van der Waals surface area (Å²) in [6.45, 7) is 9.92. The van der Waals surface area contributed by atoms with Crippen molar-refractivity contribution >= 4 is 41.3 Å². The molecule has 3 heterocycles. The third-order valence-corrected chi connectivity index (χ3v) is 5.81. The Morgan fingerprint density at radius 1 is 1.32 bits per heavy atom. The molecule has 0 unspecified atom stereocenters. The van der Waals surface area contributed by atoms with Gasteiger partial charge in [-0.2, -0.15) is 5.10 Å². The SMILES string of the molecule is CCNC(=NCc1ccnn1C)NCC1CCN(Cc2csc(C)n2)CC1.I. The van der Waals surface area contributed by atoms with Crippen LogP contribution in [0, 0.1) is 12.8 Å². The number of halogens is 1. The highest BCUT2D eigenvalue weighted by Crippen LogP contribution is 2.19. The van der Waals surface area contributed by atoms with Crippen LogP contribution in [0.5, 0.6) is 0 Å². The zero-order chi connectivity index (χ0) is 19.1. The molecule has 0 atom stereocenters. The summed E-state index contributed by atoms with van der Waals surface area (Å²) in [4.78, 5) is 11.8. The number of hydrogen-bond donors (Lipinski definition) is 2. The summed E-state index contributed by atoms with van der Waals surface area (Å²) in [7, 11) is 1.95. The predicted molar refractivity (Wildman–Crippen MR) is 126 cm³/mol. The molecule has 2 N–H and O–H groups in total. The summed E-state index contributed by atoms with van der Waals surface area (Å²) in [6, 6.07) is 2.01. The van der Waals surface area contributed by atoms with Gasteiger partial charge in [0.05, 0.1) is 22.9 Å². The highest BCUT2D eigenvalue weighted by Gasteiger charge is 2.20. The van der Waals surface area contributed by atoms with Gasteiger partial charge in [0.15, 0.2) is 5.96 Å². The third-order valence-electron chi connectivity index (χ3n) is 4.98. The first-order valence-corrected chi connectivity index (χ1v) is 10.6. The summed E-state index contributed by atoms with van der Waals surface area (Å²) in [5, 5.41) is 14.4. The van der Waals surface area contributed by atoms with Gasteiger partial charge in [-0.15, -0.1) is 35.3 Å². The van der Waals surface area contributed by atoms with Crippen molar-refractivity contribution in [3.63, 3.8) is 0 Å². The molecule has 156 valence electrons. The molecular weight excluding hydrogens is 485 g/mol. The van der Waals surface area contributed by atoms with Crippen LogP contribution in [0.15, 0.2) is 22.6 Å². The standard InChI is InChI=1S/C19H31N7S.HI/c1-4-20-19(22-12-18-5-8-23-25(18)3)21-11-16-6-9-26(10-7-16)13-17-14-27-15(2)24-17;/h5,8,14,16H,4,6-7,9-13H2,1-3H3,(H2,20,21,22);1H. The monoisotopic (exact) mass is 517 g/mol. The molecular formula is C19H32IN7S. The third kappa shape index (κ3) is 7.00. The van der Waals surface area contributed by atoms with Crippen LogP contribution < -0.4 is 10.6 Å². The summed E-state index contributed by atoms with van der Waals surface area (Å²) in [5.41, 5.74) is 2.32. The number of aromatic nitrogens is 3. The van der Waals surface area contributed by atoms with Crippen LogP contribution in [0.4, 0.5) is 0 Å². The van der Waals surface area contributed by atoms with E-state index in [0.29, 0.717) is 12.5 Å². The Balaban J connectivity index is 0.00000280. The van der Waals surface area contributed by atoms with E-state index in [1.54, 1.807) is 11.3 Å². The minimum atomic E-state index is 0. The van der Waals surface area contributed by atoms with Crippen molar-refractivity contribution in [2.45, 2.75) is 39.8 Å². The Kier molecular flexibility index (Phi) is 9.66. The van der Waals surface area contributed by atoms with Crippen molar-refractivity contribution in [2.24, 2.45) is 18.0 Å². The zero-order valence-electron chi connectivity index (χ0n) is 17.0. The van der Waals surface area contributed by atoms with E-state index in [1.165, 1.54) is 18.5 Å². The number of guanidine groups is 1. The van der Waals surface area contributed by atoms with Gasteiger partial charge in [0.2, 0.25) is 0 Å². The molecule has 1 saturated heterocycles. The Labute approximate surface area is 189 Å². The normalized spacial score (nSPS) is 16.0. The van der Waals surface area contributed by atoms with E-state index < -0.39 is 0 Å². The van der Waals surface area contributed by atoms with E-state index in [-0.39, 0.29) is 24.0 Å². The molecule has 0 aromatic carbocycles. The largest absolute Gasteiger partial charge is 0.357 e. The number of aryl methyl sites for hydroxylation is 2. The Morgan fingerprint density at radius 2 is 2.11 bits per heavy atom. The smallest absolute Gasteiger partial charge is 0.191 e. The van der Waals surface area contributed by atoms with Gasteiger partial charge in [-0.25, -0.2) is 9.98 Å². The maximum absolute atomic E-state index is 4.69. The van der Waals surface area contributed by atoms with Crippen molar-refractivity contribution in [3.8, 4) is 0 Å². The highest BCUT2D eigenvalue weighted by molar-refractivity contribution is 14.0. The number of likely N-dealkylation sites (tertiary alicyclic amines) is 1. The second-order valence-corrected chi connectivity index (χ2v) is 8.16. The van der Waals surface area contributed by atoms with Crippen molar-refractivity contribution in [1.29, 1.82) is 0 Å². The van der Waals surface area contributed by atoms with Crippen LogP contribution in [-0.4, -0.2) is 51.8 Å². The fourth-order valence-electron chi connectivity index (χ4n) is 3.36. The van der Waals surface area contributed by atoms with Crippen molar-refractivity contribution in [2.75, 3.05) is 26.2 Å². The summed E-state index contributed by atoms with van der Waals surface area (Å²) in [5.74, 6) is 1.58. The number of hydrogen-bond acceptors (Lipinski definition) is 5. The van der Waals surface area contributed by atoms with E-state index in [0.717, 1.165) is 49.4 Å². The molecule has 0 bridgehead atoms. The number of piperidine rings is 1. The van der Waals surface area contributed by atoms with Gasteiger partial charge in [-0.1, -0.05) is 0 Å². The van der Waals surface area contributed by atoms with E-state index in [1.807, 2.05) is 24.0 Å². The molecule has 9 heteroatoms. The second kappa shape index (κ2) is 11.7. The van der Waals surface area contributed by atoms with Crippen molar-refractivity contribution in [3.05, 3.63) is 34.0 Å². The lowest BCUT2D eigenvalue weighted by atomic mass is 9.97. The molecule has 1 aliphatic heterocycles. The summed E-state index contributed by atoms with van der Waals surface area (Å²) < 4.78 is 1.87. The highest BCUT2D eigenvalue weighted by atomic mass is 127. The predicted octanol–water partition coefficient (Wildman–Crippen LogP) is 2.77. The van der Waals surface area contributed by atoms with Gasteiger partial charge in [0.1, 0.15) is 0 Å². The lowest BCUT2D eigenvalue weighted by Gasteiger charge is -2.31. The molecule has 3 rings (SSSR count). The Hall–Kier alpha value is -1.20. The first-order chi connectivity index (χ1) is 13.1. The minimum absolute atomic E-state index is 0. The van der Waals surface area contributed by atoms with Crippen LogP contribution in [0.25, 0.3) is 0 Å². The summed E-state index contributed by atoms with van der Waals surface area (Å²) >= 11 is 1.74. The Morgan fingerprint density at radius 3 is 2.71 bits per heavy atom. The minimum Gasteiger partial charge on any atom is -0.357 e. The molecule has 2 aromatic heterocycles. The maximum atomic E-state index is 4.69. The van der Waals surface area contributed by atoms with Gasteiger partial charge >= 0.3 is 0 Å². The molecule has 0 aliphatic carbocycles. The molecule has 0 saturated carbocycles. The van der Waals surface area contributed by atoms with Crippen LogP contribution in [0.2, 0.25) is 0 Å². The van der Waals surface area contributed by atoms with E-state index in [4.69, 9.17) is 4.99 Å². The molecule has 1 aliphatic rings. The van der Waals surface area contributed by atoms with E-state index >= 15 is 0 Å². The molecule has 2 aromatic rings. The molecule has 0 amide bonds. The number of rotatable bonds is 7.